The lowest BCUT2D eigenvalue weighted by Crippen LogP contribution is -2.21. The Morgan fingerprint density at radius 2 is 1.40 bits per heavy atom. The van der Waals surface area contributed by atoms with Gasteiger partial charge in [-0.3, -0.25) is 0 Å². The molecule has 0 aromatic rings. The molecule has 2 heterocycles. The SMILES string of the molecule is [CH](CCC1CCCN1)CCC1CCCN1. The zero-order chi connectivity index (χ0) is 10.3. The molecule has 0 aromatic heterocycles. The van der Waals surface area contributed by atoms with Crippen molar-refractivity contribution >= 4 is 0 Å². The van der Waals surface area contributed by atoms with Gasteiger partial charge in [0.25, 0.3) is 0 Å². The van der Waals surface area contributed by atoms with Crippen molar-refractivity contribution in [2.45, 2.75) is 63.5 Å². The molecule has 2 rings (SSSR count). The van der Waals surface area contributed by atoms with Crippen LogP contribution in [0.4, 0.5) is 0 Å². The molecule has 2 saturated heterocycles. The summed E-state index contributed by atoms with van der Waals surface area (Å²) in [6, 6.07) is 1.65. The quantitative estimate of drug-likeness (QED) is 0.656. The van der Waals surface area contributed by atoms with E-state index in [1.807, 2.05) is 0 Å². The first-order valence-electron chi connectivity index (χ1n) is 6.73. The van der Waals surface area contributed by atoms with E-state index in [0.717, 1.165) is 12.1 Å². The minimum Gasteiger partial charge on any atom is -0.314 e. The van der Waals surface area contributed by atoms with Crippen LogP contribution in [0.2, 0.25) is 0 Å². The van der Waals surface area contributed by atoms with E-state index in [4.69, 9.17) is 0 Å². The molecule has 87 valence electrons. The fourth-order valence-corrected chi connectivity index (χ4v) is 2.79. The van der Waals surface area contributed by atoms with E-state index in [1.54, 1.807) is 0 Å². The third kappa shape index (κ3) is 4.12. The molecule has 0 amide bonds. The van der Waals surface area contributed by atoms with Crippen LogP contribution in [-0.4, -0.2) is 25.2 Å². The third-order valence-corrected chi connectivity index (χ3v) is 3.76. The molecule has 0 saturated carbocycles. The summed E-state index contributed by atoms with van der Waals surface area (Å²) in [6.07, 6.45) is 13.4. The second-order valence-corrected chi connectivity index (χ2v) is 5.03. The van der Waals surface area contributed by atoms with Crippen molar-refractivity contribution in [2.24, 2.45) is 0 Å². The van der Waals surface area contributed by atoms with Gasteiger partial charge in [0, 0.05) is 12.1 Å². The normalized spacial score (nSPS) is 31.2. The van der Waals surface area contributed by atoms with Gasteiger partial charge in [-0.15, -0.1) is 0 Å². The zero-order valence-electron chi connectivity index (χ0n) is 9.80. The van der Waals surface area contributed by atoms with Crippen LogP contribution in [0.25, 0.3) is 0 Å². The van der Waals surface area contributed by atoms with E-state index in [1.165, 1.54) is 64.5 Å². The van der Waals surface area contributed by atoms with Crippen LogP contribution in [-0.2, 0) is 0 Å². The Morgan fingerprint density at radius 3 is 1.80 bits per heavy atom. The molecule has 0 spiro atoms. The topological polar surface area (TPSA) is 24.1 Å². The van der Waals surface area contributed by atoms with Crippen LogP contribution in [0, 0.1) is 6.42 Å². The van der Waals surface area contributed by atoms with Crippen LogP contribution in [0.15, 0.2) is 0 Å². The number of nitrogens with one attached hydrogen (secondary N) is 2. The smallest absolute Gasteiger partial charge is 0.00676 e. The van der Waals surface area contributed by atoms with E-state index < -0.39 is 0 Å². The fraction of sp³-hybridized carbons (Fsp3) is 0.923. The number of rotatable bonds is 6. The summed E-state index contributed by atoms with van der Waals surface area (Å²) < 4.78 is 0. The second kappa shape index (κ2) is 6.49. The number of hydrogen-bond donors (Lipinski definition) is 2. The predicted octanol–water partition coefficient (Wildman–Crippen LogP) is 2.26. The maximum Gasteiger partial charge on any atom is 0.00676 e. The standard InChI is InChI=1S/C13H25N2/c1(2-6-12-8-4-10-14-12)3-7-13-9-5-11-15-13/h1,12-15H,2-11H2. The Balaban J connectivity index is 1.41. The van der Waals surface area contributed by atoms with Crippen molar-refractivity contribution in [2.75, 3.05) is 13.1 Å². The number of hydrogen-bond acceptors (Lipinski definition) is 2. The molecule has 0 aromatic carbocycles. The van der Waals surface area contributed by atoms with Crippen LogP contribution in [0.5, 0.6) is 0 Å². The lowest BCUT2D eigenvalue weighted by Gasteiger charge is -2.11. The van der Waals surface area contributed by atoms with E-state index in [-0.39, 0.29) is 0 Å². The Bertz CT molecular complexity index is 140. The second-order valence-electron chi connectivity index (χ2n) is 5.03. The molecule has 15 heavy (non-hydrogen) atoms. The molecule has 2 unspecified atom stereocenters. The van der Waals surface area contributed by atoms with Gasteiger partial charge in [0.2, 0.25) is 0 Å². The first-order chi connectivity index (χ1) is 7.45. The summed E-state index contributed by atoms with van der Waals surface area (Å²) in [6.45, 7) is 2.49. The van der Waals surface area contributed by atoms with Gasteiger partial charge in [-0.25, -0.2) is 0 Å². The van der Waals surface area contributed by atoms with Crippen LogP contribution in [0.3, 0.4) is 0 Å². The monoisotopic (exact) mass is 209 g/mol. The first kappa shape index (κ1) is 11.4. The summed E-state index contributed by atoms with van der Waals surface area (Å²) in [5.74, 6) is 0. The third-order valence-electron chi connectivity index (χ3n) is 3.76. The summed E-state index contributed by atoms with van der Waals surface area (Å²) in [7, 11) is 0. The van der Waals surface area contributed by atoms with Crippen LogP contribution in [0.1, 0.15) is 51.4 Å². The lowest BCUT2D eigenvalue weighted by atomic mass is 10.0. The van der Waals surface area contributed by atoms with Crippen molar-refractivity contribution in [3.63, 3.8) is 0 Å². The average molecular weight is 209 g/mol. The van der Waals surface area contributed by atoms with Gasteiger partial charge in [0.05, 0.1) is 0 Å². The largest absolute Gasteiger partial charge is 0.314 e. The summed E-state index contributed by atoms with van der Waals surface area (Å²) in [4.78, 5) is 0. The van der Waals surface area contributed by atoms with E-state index in [2.05, 4.69) is 17.1 Å². The van der Waals surface area contributed by atoms with Gasteiger partial charge in [-0.2, -0.15) is 0 Å². The maximum absolute atomic E-state index is 3.56. The Labute approximate surface area is 94.2 Å². The van der Waals surface area contributed by atoms with E-state index in [9.17, 15) is 0 Å². The van der Waals surface area contributed by atoms with Gasteiger partial charge in [-0.1, -0.05) is 0 Å². The van der Waals surface area contributed by atoms with Crippen molar-refractivity contribution in [1.82, 2.24) is 10.6 Å². The van der Waals surface area contributed by atoms with Crippen molar-refractivity contribution in [3.8, 4) is 0 Å². The molecule has 2 aliphatic heterocycles. The molecule has 0 bridgehead atoms. The molecule has 0 aliphatic carbocycles. The molecule has 2 heteroatoms. The van der Waals surface area contributed by atoms with Crippen molar-refractivity contribution in [1.29, 1.82) is 0 Å². The van der Waals surface area contributed by atoms with Gasteiger partial charge in [0.15, 0.2) is 0 Å². The molecule has 1 radical (unpaired) electrons. The summed E-state index contributed by atoms with van der Waals surface area (Å²) in [5.41, 5.74) is 0. The zero-order valence-corrected chi connectivity index (χ0v) is 9.80. The predicted molar refractivity (Wildman–Crippen MR) is 64.8 cm³/mol. The molecule has 2 N–H and O–H groups in total. The van der Waals surface area contributed by atoms with Gasteiger partial charge < -0.3 is 10.6 Å². The molecule has 2 atom stereocenters. The van der Waals surface area contributed by atoms with Crippen molar-refractivity contribution in [3.05, 3.63) is 6.42 Å². The molecule has 2 fully saturated rings. The lowest BCUT2D eigenvalue weighted by molar-refractivity contribution is 0.524. The Morgan fingerprint density at radius 1 is 0.867 bits per heavy atom. The van der Waals surface area contributed by atoms with E-state index in [0.29, 0.717) is 0 Å². The summed E-state index contributed by atoms with van der Waals surface area (Å²) in [5, 5.41) is 7.11. The highest BCUT2D eigenvalue weighted by molar-refractivity contribution is 4.80. The fourth-order valence-electron chi connectivity index (χ4n) is 2.79. The van der Waals surface area contributed by atoms with E-state index >= 15 is 0 Å². The molecule has 2 aliphatic rings. The Hall–Kier alpha value is -0.0800. The molecule has 2 nitrogen and oxygen atoms in total. The molecular weight excluding hydrogens is 184 g/mol. The number of unbranched alkanes of at least 4 members (excludes halogenated alkanes) is 2. The average Bonchev–Trinajstić information content (AvgIpc) is 2.88. The van der Waals surface area contributed by atoms with Crippen LogP contribution < -0.4 is 10.6 Å². The maximum atomic E-state index is 3.56. The van der Waals surface area contributed by atoms with Gasteiger partial charge in [0.1, 0.15) is 0 Å². The minimum absolute atomic E-state index is 0.825. The van der Waals surface area contributed by atoms with Gasteiger partial charge >= 0.3 is 0 Å². The van der Waals surface area contributed by atoms with Gasteiger partial charge in [-0.05, 0) is 70.9 Å². The minimum atomic E-state index is 0.825. The highest BCUT2D eigenvalue weighted by Crippen LogP contribution is 2.15. The molecular formula is C13H25N2. The Kier molecular flexibility index (Phi) is 4.94. The highest BCUT2D eigenvalue weighted by Gasteiger charge is 2.14. The van der Waals surface area contributed by atoms with Crippen molar-refractivity contribution < 1.29 is 0 Å². The van der Waals surface area contributed by atoms with Crippen LogP contribution >= 0.6 is 0 Å². The first-order valence-corrected chi connectivity index (χ1v) is 6.73. The summed E-state index contributed by atoms with van der Waals surface area (Å²) >= 11 is 0. The highest BCUT2D eigenvalue weighted by atomic mass is 14.9.